The summed E-state index contributed by atoms with van der Waals surface area (Å²) in [7, 11) is 0. The fourth-order valence-corrected chi connectivity index (χ4v) is 2.18. The lowest BCUT2D eigenvalue weighted by molar-refractivity contribution is 0.387. The Balaban J connectivity index is 2.60. The fourth-order valence-electron chi connectivity index (χ4n) is 1.95. The molecule has 0 aliphatic heterocycles. The lowest BCUT2D eigenvalue weighted by atomic mass is 10.0. The first-order valence-corrected chi connectivity index (χ1v) is 6.40. The zero-order chi connectivity index (χ0) is 12.1. The molecule has 16 heavy (non-hydrogen) atoms. The first-order valence-electron chi connectivity index (χ1n) is 6.03. The van der Waals surface area contributed by atoms with Gasteiger partial charge < -0.3 is 5.32 Å². The third-order valence-corrected chi connectivity index (χ3v) is 3.34. The Bertz CT molecular complexity index is 334. The highest BCUT2D eigenvalue weighted by molar-refractivity contribution is 6.30. The second kappa shape index (κ2) is 6.27. The second-order valence-corrected chi connectivity index (χ2v) is 5.15. The molecule has 0 radical (unpaired) electrons. The van der Waals surface area contributed by atoms with Crippen LogP contribution in [0, 0.1) is 12.8 Å². The van der Waals surface area contributed by atoms with Crippen molar-refractivity contribution in [3.8, 4) is 0 Å². The van der Waals surface area contributed by atoms with E-state index in [9.17, 15) is 0 Å². The van der Waals surface area contributed by atoms with Gasteiger partial charge in [0.25, 0.3) is 0 Å². The largest absolute Gasteiger partial charge is 0.310 e. The van der Waals surface area contributed by atoms with Gasteiger partial charge in [-0.3, -0.25) is 0 Å². The number of hydrogen-bond acceptors (Lipinski definition) is 1. The minimum absolute atomic E-state index is 0.593. The number of halogens is 1. The molecule has 0 saturated carbocycles. The van der Waals surface area contributed by atoms with Gasteiger partial charge in [-0.2, -0.15) is 0 Å². The summed E-state index contributed by atoms with van der Waals surface area (Å²) in [6.45, 7) is 9.79. The molecule has 0 aliphatic carbocycles. The minimum atomic E-state index is 0.593. The summed E-state index contributed by atoms with van der Waals surface area (Å²) in [5.41, 5.74) is 2.60. The quantitative estimate of drug-likeness (QED) is 0.813. The summed E-state index contributed by atoms with van der Waals surface area (Å²) in [4.78, 5) is 0. The molecule has 0 aliphatic rings. The van der Waals surface area contributed by atoms with E-state index in [1.54, 1.807) is 0 Å². The number of aryl methyl sites for hydroxylation is 1. The van der Waals surface area contributed by atoms with Crippen molar-refractivity contribution in [2.45, 2.75) is 46.7 Å². The molecular formula is C14H22ClN. The first kappa shape index (κ1) is 13.5. The van der Waals surface area contributed by atoms with Crippen molar-refractivity contribution in [3.05, 3.63) is 34.3 Å². The molecule has 0 amide bonds. The Morgan fingerprint density at radius 1 is 1.31 bits per heavy atom. The van der Waals surface area contributed by atoms with Crippen molar-refractivity contribution in [1.29, 1.82) is 0 Å². The molecule has 1 aromatic carbocycles. The second-order valence-electron chi connectivity index (χ2n) is 4.71. The number of hydrogen-bond donors (Lipinski definition) is 1. The molecule has 1 atom stereocenters. The highest BCUT2D eigenvalue weighted by Gasteiger charge is 2.10. The Morgan fingerprint density at radius 3 is 2.50 bits per heavy atom. The summed E-state index contributed by atoms with van der Waals surface area (Å²) in [5.74, 6) is 0.678. The molecule has 1 rings (SSSR count). The van der Waals surface area contributed by atoms with E-state index in [0.29, 0.717) is 12.0 Å². The molecule has 0 fully saturated rings. The standard InChI is InChI=1S/C14H22ClN/c1-5-14(10(2)3)16-9-12-6-7-13(15)8-11(12)4/h6-8,10,14,16H,5,9H2,1-4H3. The Kier molecular flexibility index (Phi) is 5.30. The monoisotopic (exact) mass is 239 g/mol. The summed E-state index contributed by atoms with van der Waals surface area (Å²) >= 11 is 5.94. The van der Waals surface area contributed by atoms with Crippen molar-refractivity contribution in [3.63, 3.8) is 0 Å². The van der Waals surface area contributed by atoms with Gasteiger partial charge in [-0.05, 0) is 42.5 Å². The SMILES string of the molecule is CCC(NCc1ccc(Cl)cc1C)C(C)C. The predicted molar refractivity (Wildman–Crippen MR) is 71.9 cm³/mol. The zero-order valence-corrected chi connectivity index (χ0v) is 11.4. The molecule has 1 aromatic rings. The van der Waals surface area contributed by atoms with E-state index in [-0.39, 0.29) is 0 Å². The van der Waals surface area contributed by atoms with Crippen molar-refractivity contribution in [1.82, 2.24) is 5.32 Å². The van der Waals surface area contributed by atoms with Crippen LogP contribution in [-0.2, 0) is 6.54 Å². The van der Waals surface area contributed by atoms with Crippen molar-refractivity contribution < 1.29 is 0 Å². The van der Waals surface area contributed by atoms with Gasteiger partial charge in [-0.1, -0.05) is 38.4 Å². The lowest BCUT2D eigenvalue weighted by Gasteiger charge is -2.21. The Hall–Kier alpha value is -0.530. The van der Waals surface area contributed by atoms with E-state index < -0.39 is 0 Å². The maximum absolute atomic E-state index is 5.94. The summed E-state index contributed by atoms with van der Waals surface area (Å²) in [6, 6.07) is 6.68. The average Bonchev–Trinajstić information content (AvgIpc) is 2.21. The van der Waals surface area contributed by atoms with Gasteiger partial charge in [0.15, 0.2) is 0 Å². The van der Waals surface area contributed by atoms with Gasteiger partial charge >= 0.3 is 0 Å². The Morgan fingerprint density at radius 2 is 2.00 bits per heavy atom. The normalized spacial score (nSPS) is 13.1. The van der Waals surface area contributed by atoms with Crippen molar-refractivity contribution in [2.24, 2.45) is 5.92 Å². The van der Waals surface area contributed by atoms with Crippen LogP contribution >= 0.6 is 11.6 Å². The predicted octanol–water partition coefficient (Wildman–Crippen LogP) is 4.17. The van der Waals surface area contributed by atoms with E-state index >= 15 is 0 Å². The number of benzene rings is 1. The van der Waals surface area contributed by atoms with Gasteiger partial charge in [0.05, 0.1) is 0 Å². The summed E-state index contributed by atoms with van der Waals surface area (Å²) < 4.78 is 0. The molecule has 1 unspecified atom stereocenters. The lowest BCUT2D eigenvalue weighted by Crippen LogP contribution is -2.32. The van der Waals surface area contributed by atoms with Crippen LogP contribution in [0.25, 0.3) is 0 Å². The van der Waals surface area contributed by atoms with Crippen LogP contribution in [0.5, 0.6) is 0 Å². The van der Waals surface area contributed by atoms with Crippen LogP contribution in [0.2, 0.25) is 5.02 Å². The molecule has 1 nitrogen and oxygen atoms in total. The van der Waals surface area contributed by atoms with Gasteiger partial charge in [0.1, 0.15) is 0 Å². The van der Waals surface area contributed by atoms with E-state index in [2.05, 4.69) is 39.1 Å². The van der Waals surface area contributed by atoms with Gasteiger partial charge in [0.2, 0.25) is 0 Å². The van der Waals surface area contributed by atoms with Gasteiger partial charge in [0, 0.05) is 17.6 Å². The molecule has 0 aromatic heterocycles. The Labute approximate surface area is 104 Å². The van der Waals surface area contributed by atoms with E-state index in [0.717, 1.165) is 11.6 Å². The van der Waals surface area contributed by atoms with E-state index in [1.807, 2.05) is 12.1 Å². The third-order valence-electron chi connectivity index (χ3n) is 3.10. The highest BCUT2D eigenvalue weighted by atomic mass is 35.5. The molecule has 2 heteroatoms. The third kappa shape index (κ3) is 3.80. The first-order chi connectivity index (χ1) is 7.54. The van der Waals surface area contributed by atoms with E-state index in [4.69, 9.17) is 11.6 Å². The zero-order valence-electron chi connectivity index (χ0n) is 10.7. The molecule has 0 heterocycles. The van der Waals surface area contributed by atoms with Crippen LogP contribution < -0.4 is 5.32 Å². The van der Waals surface area contributed by atoms with Crippen LogP contribution in [0.4, 0.5) is 0 Å². The van der Waals surface area contributed by atoms with E-state index in [1.165, 1.54) is 17.5 Å². The summed E-state index contributed by atoms with van der Waals surface area (Å²) in [5, 5.41) is 4.42. The van der Waals surface area contributed by atoms with Crippen LogP contribution in [0.15, 0.2) is 18.2 Å². The summed E-state index contributed by atoms with van der Waals surface area (Å²) in [6.07, 6.45) is 1.17. The van der Waals surface area contributed by atoms with Crippen molar-refractivity contribution >= 4 is 11.6 Å². The smallest absolute Gasteiger partial charge is 0.0408 e. The van der Waals surface area contributed by atoms with Gasteiger partial charge in [-0.25, -0.2) is 0 Å². The highest BCUT2D eigenvalue weighted by Crippen LogP contribution is 2.16. The maximum Gasteiger partial charge on any atom is 0.0408 e. The minimum Gasteiger partial charge on any atom is -0.310 e. The molecule has 0 saturated heterocycles. The number of rotatable bonds is 5. The average molecular weight is 240 g/mol. The van der Waals surface area contributed by atoms with Crippen LogP contribution in [0.3, 0.4) is 0 Å². The molecule has 0 bridgehead atoms. The van der Waals surface area contributed by atoms with Crippen molar-refractivity contribution in [2.75, 3.05) is 0 Å². The molecule has 0 spiro atoms. The number of nitrogens with one attached hydrogen (secondary N) is 1. The topological polar surface area (TPSA) is 12.0 Å². The van der Waals surface area contributed by atoms with Crippen LogP contribution in [-0.4, -0.2) is 6.04 Å². The molecule has 90 valence electrons. The van der Waals surface area contributed by atoms with Crippen LogP contribution in [0.1, 0.15) is 38.3 Å². The molecule has 1 N–H and O–H groups in total. The maximum atomic E-state index is 5.94. The fraction of sp³-hybridized carbons (Fsp3) is 0.571. The molecular weight excluding hydrogens is 218 g/mol. The van der Waals surface area contributed by atoms with Gasteiger partial charge in [-0.15, -0.1) is 0 Å².